The SMILES string of the molecule is CNC(=O)C(O)(NC)C(F)(F)C(F)(F)C(F)(F)C(F)(F)F. The van der Waals surface area contributed by atoms with Crippen molar-refractivity contribution in [1.29, 1.82) is 0 Å². The first-order valence-corrected chi connectivity index (χ1v) is 4.88. The van der Waals surface area contributed by atoms with E-state index in [1.807, 2.05) is 0 Å². The number of hydrogen-bond acceptors (Lipinski definition) is 3. The Morgan fingerprint density at radius 3 is 1.43 bits per heavy atom. The number of nitrogens with one attached hydrogen (secondary N) is 2. The van der Waals surface area contributed by atoms with Crippen LogP contribution in [0.4, 0.5) is 39.5 Å². The van der Waals surface area contributed by atoms with Crippen LogP contribution in [0.15, 0.2) is 0 Å². The van der Waals surface area contributed by atoms with Crippen LogP contribution < -0.4 is 10.6 Å². The zero-order valence-corrected chi connectivity index (χ0v) is 10.3. The van der Waals surface area contributed by atoms with Crippen molar-refractivity contribution < 1.29 is 49.4 Å². The predicted molar refractivity (Wildman–Crippen MR) is 49.0 cm³/mol. The van der Waals surface area contributed by atoms with E-state index in [2.05, 4.69) is 0 Å². The van der Waals surface area contributed by atoms with Crippen LogP contribution in [0.3, 0.4) is 0 Å². The second-order valence-electron chi connectivity index (χ2n) is 3.76. The maximum atomic E-state index is 13.4. The first-order valence-electron chi connectivity index (χ1n) is 4.88. The Morgan fingerprint density at radius 1 is 0.810 bits per heavy atom. The molecule has 0 spiro atoms. The fraction of sp³-hybridized carbons (Fsp3) is 0.875. The number of carbonyl (C=O) groups is 1. The molecule has 21 heavy (non-hydrogen) atoms. The summed E-state index contributed by atoms with van der Waals surface area (Å²) in [6.07, 6.45) is -7.04. The Morgan fingerprint density at radius 2 is 1.19 bits per heavy atom. The van der Waals surface area contributed by atoms with E-state index in [0.717, 1.165) is 5.32 Å². The molecule has 0 aliphatic rings. The summed E-state index contributed by atoms with van der Waals surface area (Å²) in [4.78, 5) is 11.0. The number of hydrogen-bond donors (Lipinski definition) is 3. The molecule has 0 aliphatic heterocycles. The topological polar surface area (TPSA) is 61.4 Å². The van der Waals surface area contributed by atoms with Crippen LogP contribution >= 0.6 is 0 Å². The molecular formula is C8H9F9N2O2. The smallest absolute Gasteiger partial charge is 0.363 e. The minimum atomic E-state index is -7.21. The third kappa shape index (κ3) is 2.52. The molecule has 0 fully saturated rings. The highest BCUT2D eigenvalue weighted by molar-refractivity contribution is 5.85. The molecule has 0 aromatic heterocycles. The summed E-state index contributed by atoms with van der Waals surface area (Å²) in [5, 5.41) is 11.3. The standard InChI is InChI=1S/C8H9F9N2O2/c1-18-3(20)4(21,19-2)5(9,10)6(11,12)7(13,14)8(15,16)17/h19,21H,1-2H3,(H,18,20). The van der Waals surface area contributed by atoms with Crippen molar-refractivity contribution in [2.75, 3.05) is 14.1 Å². The first-order chi connectivity index (χ1) is 9.04. The number of likely N-dealkylation sites (N-methyl/N-ethyl adjacent to an activating group) is 2. The van der Waals surface area contributed by atoms with Crippen LogP contribution in [0.5, 0.6) is 0 Å². The minimum Gasteiger partial charge on any atom is -0.363 e. The van der Waals surface area contributed by atoms with Gasteiger partial charge in [0.15, 0.2) is 0 Å². The van der Waals surface area contributed by atoms with Crippen LogP contribution in [0.2, 0.25) is 0 Å². The maximum Gasteiger partial charge on any atom is 0.460 e. The first kappa shape index (κ1) is 19.8. The number of carbonyl (C=O) groups excluding carboxylic acids is 1. The van der Waals surface area contributed by atoms with E-state index in [-0.39, 0.29) is 7.05 Å². The van der Waals surface area contributed by atoms with Gasteiger partial charge in [-0.25, -0.2) is 0 Å². The van der Waals surface area contributed by atoms with Crippen molar-refractivity contribution in [3.05, 3.63) is 0 Å². The van der Waals surface area contributed by atoms with Crippen molar-refractivity contribution in [2.24, 2.45) is 0 Å². The average molecular weight is 336 g/mol. The summed E-state index contributed by atoms with van der Waals surface area (Å²) in [5.41, 5.74) is -4.71. The molecule has 0 radical (unpaired) electrons. The molecule has 0 bridgehead atoms. The van der Waals surface area contributed by atoms with Gasteiger partial charge in [0.2, 0.25) is 0 Å². The summed E-state index contributed by atoms with van der Waals surface area (Å²) < 4.78 is 114. The lowest BCUT2D eigenvalue weighted by Crippen LogP contribution is -2.76. The molecule has 0 saturated carbocycles. The van der Waals surface area contributed by atoms with Crippen molar-refractivity contribution in [1.82, 2.24) is 10.6 Å². The Balaban J connectivity index is 6.16. The van der Waals surface area contributed by atoms with E-state index >= 15 is 0 Å². The normalized spacial score (nSPS) is 17.3. The highest BCUT2D eigenvalue weighted by Crippen LogP contribution is 2.55. The van der Waals surface area contributed by atoms with Gasteiger partial charge in [-0.05, 0) is 7.05 Å². The number of alkyl halides is 9. The Kier molecular flexibility index (Phi) is 4.89. The number of aliphatic hydroxyl groups is 1. The molecule has 126 valence electrons. The van der Waals surface area contributed by atoms with E-state index in [9.17, 15) is 44.3 Å². The van der Waals surface area contributed by atoms with Crippen molar-refractivity contribution in [2.45, 2.75) is 29.7 Å². The largest absolute Gasteiger partial charge is 0.460 e. The monoisotopic (exact) mass is 336 g/mol. The van der Waals surface area contributed by atoms with E-state index < -0.39 is 35.6 Å². The lowest BCUT2D eigenvalue weighted by molar-refractivity contribution is -0.414. The molecule has 0 aromatic carbocycles. The average Bonchev–Trinajstić information content (AvgIpc) is 2.34. The molecule has 4 nitrogen and oxygen atoms in total. The third-order valence-corrected chi connectivity index (χ3v) is 2.52. The second kappa shape index (κ2) is 5.19. The van der Waals surface area contributed by atoms with Gasteiger partial charge >= 0.3 is 23.9 Å². The summed E-state index contributed by atoms with van der Waals surface area (Å²) in [6, 6.07) is 0. The predicted octanol–water partition coefficient (Wildman–Crippen LogP) is 1.11. The van der Waals surface area contributed by atoms with E-state index in [1.165, 1.54) is 5.32 Å². The van der Waals surface area contributed by atoms with Gasteiger partial charge in [-0.1, -0.05) is 0 Å². The van der Waals surface area contributed by atoms with Crippen LogP contribution in [0.25, 0.3) is 0 Å². The van der Waals surface area contributed by atoms with Crippen LogP contribution in [0.1, 0.15) is 0 Å². The Labute approximate surface area is 111 Å². The quantitative estimate of drug-likeness (QED) is 0.521. The summed E-state index contributed by atoms with van der Waals surface area (Å²) in [7, 11) is 0.839. The molecule has 0 saturated heterocycles. The lowest BCUT2D eigenvalue weighted by Gasteiger charge is -2.40. The fourth-order valence-corrected chi connectivity index (χ4v) is 1.20. The number of halogens is 9. The minimum absolute atomic E-state index is 0.283. The summed E-state index contributed by atoms with van der Waals surface area (Å²) in [5.74, 6) is -23.2. The van der Waals surface area contributed by atoms with Gasteiger partial charge in [0.05, 0.1) is 0 Å². The fourth-order valence-electron chi connectivity index (χ4n) is 1.20. The molecule has 1 unspecified atom stereocenters. The summed E-state index contributed by atoms with van der Waals surface area (Å²) in [6.45, 7) is 0. The molecule has 0 aliphatic carbocycles. The van der Waals surface area contributed by atoms with Gasteiger partial charge in [0, 0.05) is 7.05 Å². The van der Waals surface area contributed by atoms with Gasteiger partial charge in [0.25, 0.3) is 11.6 Å². The molecule has 1 amide bonds. The highest BCUT2D eigenvalue weighted by atomic mass is 19.4. The zero-order chi connectivity index (χ0) is 17.5. The Bertz CT molecular complexity index is 409. The van der Waals surface area contributed by atoms with Crippen molar-refractivity contribution >= 4 is 5.91 Å². The molecular weight excluding hydrogens is 327 g/mol. The lowest BCUT2D eigenvalue weighted by atomic mass is 9.93. The number of rotatable bonds is 5. The van der Waals surface area contributed by atoms with Crippen LogP contribution in [0, 0.1) is 0 Å². The van der Waals surface area contributed by atoms with Gasteiger partial charge in [-0.3, -0.25) is 10.1 Å². The van der Waals surface area contributed by atoms with Crippen molar-refractivity contribution in [3.8, 4) is 0 Å². The Hall–Kier alpha value is -1.24. The summed E-state index contributed by atoms with van der Waals surface area (Å²) >= 11 is 0. The molecule has 0 heterocycles. The van der Waals surface area contributed by atoms with E-state index in [4.69, 9.17) is 5.11 Å². The highest BCUT2D eigenvalue weighted by Gasteiger charge is 2.86. The van der Waals surface area contributed by atoms with Gasteiger partial charge in [-0.2, -0.15) is 39.5 Å². The van der Waals surface area contributed by atoms with Gasteiger partial charge in [0.1, 0.15) is 0 Å². The van der Waals surface area contributed by atoms with E-state index in [0.29, 0.717) is 7.05 Å². The molecule has 0 aromatic rings. The molecule has 1 atom stereocenters. The molecule has 3 N–H and O–H groups in total. The van der Waals surface area contributed by atoms with Crippen LogP contribution in [-0.2, 0) is 4.79 Å². The molecule has 0 rings (SSSR count). The molecule has 13 heteroatoms. The van der Waals surface area contributed by atoms with Gasteiger partial charge in [-0.15, -0.1) is 0 Å². The van der Waals surface area contributed by atoms with E-state index in [1.54, 1.807) is 0 Å². The van der Waals surface area contributed by atoms with Gasteiger partial charge < -0.3 is 10.4 Å². The third-order valence-electron chi connectivity index (χ3n) is 2.52. The second-order valence-corrected chi connectivity index (χ2v) is 3.76. The van der Waals surface area contributed by atoms with Crippen molar-refractivity contribution in [3.63, 3.8) is 0 Å². The maximum absolute atomic E-state index is 13.4. The number of amides is 1. The van der Waals surface area contributed by atoms with Crippen LogP contribution in [-0.4, -0.2) is 54.8 Å². The zero-order valence-electron chi connectivity index (χ0n) is 10.3.